The summed E-state index contributed by atoms with van der Waals surface area (Å²) in [6, 6.07) is 2.09. The van der Waals surface area contributed by atoms with Crippen molar-refractivity contribution in [2.45, 2.75) is 27.3 Å². The first-order chi connectivity index (χ1) is 6.58. The number of carbonyl (C=O) groups excluding carboxylic acids is 1. The molecule has 0 bridgehead atoms. The highest BCUT2D eigenvalue weighted by Gasteiger charge is 1.98. The normalized spacial score (nSPS) is 9.64. The lowest BCUT2D eigenvalue weighted by Gasteiger charge is -1.99. The van der Waals surface area contributed by atoms with Gasteiger partial charge in [0.2, 0.25) is 5.91 Å². The molecule has 0 unspecified atom stereocenters. The Morgan fingerprint density at radius 3 is 2.79 bits per heavy atom. The van der Waals surface area contributed by atoms with Gasteiger partial charge in [0.15, 0.2) is 0 Å². The second-order valence-corrected chi connectivity index (χ2v) is 4.62. The van der Waals surface area contributed by atoms with Gasteiger partial charge in [0.1, 0.15) is 0 Å². The van der Waals surface area contributed by atoms with Crippen LogP contribution in [0.25, 0.3) is 0 Å². The van der Waals surface area contributed by atoms with Crippen molar-refractivity contribution >= 4 is 17.2 Å². The molecular weight excluding hydrogens is 194 g/mol. The van der Waals surface area contributed by atoms with Gasteiger partial charge in [-0.1, -0.05) is 5.57 Å². The standard InChI is InChI=1S/C11H15NOS/c1-8(2)4-11(13)12-6-10-5-9(3)14-7-10/h4-5,7H,6H2,1-3H3,(H,12,13). The van der Waals surface area contributed by atoms with E-state index in [1.54, 1.807) is 17.4 Å². The van der Waals surface area contributed by atoms with Crippen LogP contribution in [0.15, 0.2) is 23.1 Å². The first-order valence-corrected chi connectivity index (χ1v) is 5.42. The molecule has 0 fully saturated rings. The van der Waals surface area contributed by atoms with Crippen molar-refractivity contribution in [1.82, 2.24) is 5.32 Å². The molecule has 1 heterocycles. The van der Waals surface area contributed by atoms with Crippen molar-refractivity contribution in [3.63, 3.8) is 0 Å². The Balaban J connectivity index is 2.41. The van der Waals surface area contributed by atoms with Crippen molar-refractivity contribution in [3.8, 4) is 0 Å². The monoisotopic (exact) mass is 209 g/mol. The van der Waals surface area contributed by atoms with Gasteiger partial charge in [0, 0.05) is 17.5 Å². The third kappa shape index (κ3) is 3.75. The molecule has 0 saturated carbocycles. The zero-order valence-corrected chi connectivity index (χ0v) is 9.57. The van der Waals surface area contributed by atoms with Crippen LogP contribution in [0.2, 0.25) is 0 Å². The van der Waals surface area contributed by atoms with E-state index in [1.807, 2.05) is 13.8 Å². The van der Waals surface area contributed by atoms with Crippen LogP contribution in [-0.4, -0.2) is 5.91 Å². The van der Waals surface area contributed by atoms with Crippen LogP contribution < -0.4 is 5.32 Å². The fourth-order valence-electron chi connectivity index (χ4n) is 1.09. The second kappa shape index (κ2) is 4.96. The molecule has 0 radical (unpaired) electrons. The van der Waals surface area contributed by atoms with Gasteiger partial charge in [0.25, 0.3) is 0 Å². The highest BCUT2D eigenvalue weighted by molar-refractivity contribution is 7.10. The summed E-state index contributed by atoms with van der Waals surface area (Å²) in [5.74, 6) is -0.0196. The van der Waals surface area contributed by atoms with Crippen molar-refractivity contribution in [1.29, 1.82) is 0 Å². The van der Waals surface area contributed by atoms with E-state index in [0.717, 1.165) is 5.57 Å². The van der Waals surface area contributed by atoms with Crippen molar-refractivity contribution in [3.05, 3.63) is 33.5 Å². The van der Waals surface area contributed by atoms with E-state index in [2.05, 4.69) is 23.7 Å². The minimum absolute atomic E-state index is 0.0196. The van der Waals surface area contributed by atoms with Gasteiger partial charge < -0.3 is 5.32 Å². The van der Waals surface area contributed by atoms with Crippen LogP contribution in [-0.2, 0) is 11.3 Å². The van der Waals surface area contributed by atoms with Crippen LogP contribution in [0.4, 0.5) is 0 Å². The molecular formula is C11H15NOS. The van der Waals surface area contributed by atoms with Crippen molar-refractivity contribution in [2.75, 3.05) is 0 Å². The molecule has 2 nitrogen and oxygen atoms in total. The van der Waals surface area contributed by atoms with Crippen LogP contribution in [0.3, 0.4) is 0 Å². The van der Waals surface area contributed by atoms with Gasteiger partial charge in [-0.2, -0.15) is 0 Å². The lowest BCUT2D eigenvalue weighted by molar-refractivity contribution is -0.116. The summed E-state index contributed by atoms with van der Waals surface area (Å²) in [6.07, 6.45) is 1.61. The summed E-state index contributed by atoms with van der Waals surface area (Å²) in [4.78, 5) is 12.5. The van der Waals surface area contributed by atoms with Gasteiger partial charge in [-0.05, 0) is 37.8 Å². The molecule has 0 aliphatic rings. The predicted octanol–water partition coefficient (Wildman–Crippen LogP) is 2.64. The average Bonchev–Trinajstić information content (AvgIpc) is 2.47. The number of hydrogen-bond acceptors (Lipinski definition) is 2. The van der Waals surface area contributed by atoms with Gasteiger partial charge in [-0.25, -0.2) is 0 Å². The smallest absolute Gasteiger partial charge is 0.244 e. The highest BCUT2D eigenvalue weighted by Crippen LogP contribution is 2.12. The minimum Gasteiger partial charge on any atom is -0.348 e. The Morgan fingerprint density at radius 1 is 1.57 bits per heavy atom. The zero-order chi connectivity index (χ0) is 10.6. The molecule has 3 heteroatoms. The molecule has 1 aromatic rings. The quantitative estimate of drug-likeness (QED) is 0.762. The third-order valence-electron chi connectivity index (χ3n) is 1.67. The van der Waals surface area contributed by atoms with Crippen LogP contribution in [0.5, 0.6) is 0 Å². The Bertz CT molecular complexity index is 348. The van der Waals surface area contributed by atoms with E-state index in [1.165, 1.54) is 10.4 Å². The maximum absolute atomic E-state index is 11.2. The van der Waals surface area contributed by atoms with Crippen LogP contribution >= 0.6 is 11.3 Å². The van der Waals surface area contributed by atoms with Crippen molar-refractivity contribution < 1.29 is 4.79 Å². The number of rotatable bonds is 3. The number of allylic oxidation sites excluding steroid dienone is 1. The molecule has 1 rings (SSSR count). The molecule has 0 aliphatic heterocycles. The first-order valence-electron chi connectivity index (χ1n) is 4.54. The fourth-order valence-corrected chi connectivity index (χ4v) is 1.80. The molecule has 76 valence electrons. The molecule has 0 saturated heterocycles. The number of hydrogen-bond donors (Lipinski definition) is 1. The summed E-state index contributed by atoms with van der Waals surface area (Å²) >= 11 is 1.70. The van der Waals surface area contributed by atoms with E-state index >= 15 is 0 Å². The van der Waals surface area contributed by atoms with Gasteiger partial charge in [0.05, 0.1) is 0 Å². The van der Waals surface area contributed by atoms with Crippen LogP contribution in [0.1, 0.15) is 24.3 Å². The Morgan fingerprint density at radius 2 is 2.29 bits per heavy atom. The van der Waals surface area contributed by atoms with Crippen LogP contribution in [0, 0.1) is 6.92 Å². The first kappa shape index (κ1) is 11.0. The van der Waals surface area contributed by atoms with E-state index in [0.29, 0.717) is 6.54 Å². The molecule has 0 atom stereocenters. The van der Waals surface area contributed by atoms with E-state index < -0.39 is 0 Å². The SMILES string of the molecule is CC(C)=CC(=O)NCc1csc(C)c1. The predicted molar refractivity (Wildman–Crippen MR) is 60.3 cm³/mol. The van der Waals surface area contributed by atoms with E-state index in [4.69, 9.17) is 0 Å². The number of carbonyl (C=O) groups is 1. The van der Waals surface area contributed by atoms with Crippen molar-refractivity contribution in [2.24, 2.45) is 0 Å². The molecule has 1 N–H and O–H groups in total. The Hall–Kier alpha value is -1.09. The summed E-state index contributed by atoms with van der Waals surface area (Å²) < 4.78 is 0. The summed E-state index contributed by atoms with van der Waals surface area (Å²) in [5, 5.41) is 4.90. The average molecular weight is 209 g/mol. The molecule has 0 aromatic carbocycles. The minimum atomic E-state index is -0.0196. The molecule has 0 aliphatic carbocycles. The molecule has 1 aromatic heterocycles. The van der Waals surface area contributed by atoms with E-state index in [-0.39, 0.29) is 5.91 Å². The van der Waals surface area contributed by atoms with Gasteiger partial charge in [-0.15, -0.1) is 11.3 Å². The fraction of sp³-hybridized carbons (Fsp3) is 0.364. The lowest BCUT2D eigenvalue weighted by Crippen LogP contribution is -2.20. The number of nitrogens with one attached hydrogen (secondary N) is 1. The lowest BCUT2D eigenvalue weighted by atomic mass is 10.3. The summed E-state index contributed by atoms with van der Waals surface area (Å²) in [6.45, 7) is 6.50. The highest BCUT2D eigenvalue weighted by atomic mass is 32.1. The van der Waals surface area contributed by atoms with E-state index in [9.17, 15) is 4.79 Å². The Labute approximate surface area is 88.6 Å². The number of thiophene rings is 1. The van der Waals surface area contributed by atoms with Gasteiger partial charge in [-0.3, -0.25) is 4.79 Å². The maximum atomic E-state index is 11.2. The zero-order valence-electron chi connectivity index (χ0n) is 8.76. The topological polar surface area (TPSA) is 29.1 Å². The number of aryl methyl sites for hydroxylation is 1. The molecule has 14 heavy (non-hydrogen) atoms. The largest absolute Gasteiger partial charge is 0.348 e. The number of amides is 1. The summed E-state index contributed by atoms with van der Waals surface area (Å²) in [7, 11) is 0. The second-order valence-electron chi connectivity index (χ2n) is 3.51. The summed E-state index contributed by atoms with van der Waals surface area (Å²) in [5.41, 5.74) is 2.19. The third-order valence-corrected chi connectivity index (χ3v) is 2.58. The van der Waals surface area contributed by atoms with Gasteiger partial charge >= 0.3 is 0 Å². The maximum Gasteiger partial charge on any atom is 0.244 e. The molecule has 1 amide bonds. The Kier molecular flexibility index (Phi) is 3.89. The molecule has 0 spiro atoms.